The van der Waals surface area contributed by atoms with E-state index in [0.717, 1.165) is 18.4 Å². The molecule has 1 unspecified atom stereocenters. The van der Waals surface area contributed by atoms with Gasteiger partial charge in [0, 0.05) is 32.3 Å². The lowest BCUT2D eigenvalue weighted by molar-refractivity contribution is 0.0697. The molecule has 1 atom stereocenters. The molecule has 0 aliphatic carbocycles. The van der Waals surface area contributed by atoms with E-state index in [0.29, 0.717) is 18.8 Å². The van der Waals surface area contributed by atoms with Crippen molar-refractivity contribution in [1.29, 1.82) is 0 Å². The van der Waals surface area contributed by atoms with Crippen molar-refractivity contribution in [3.63, 3.8) is 0 Å². The molecule has 0 spiro atoms. The normalized spacial score (nSPS) is 19.6. The summed E-state index contributed by atoms with van der Waals surface area (Å²) in [6.07, 6.45) is 5.66. The Balaban J connectivity index is 1.60. The van der Waals surface area contributed by atoms with Crippen LogP contribution in [-0.2, 0) is 7.05 Å². The van der Waals surface area contributed by atoms with Crippen molar-refractivity contribution in [3.05, 3.63) is 41.5 Å². The van der Waals surface area contributed by atoms with E-state index in [1.807, 2.05) is 19.4 Å². The van der Waals surface area contributed by atoms with Gasteiger partial charge < -0.3 is 14.4 Å². The molecule has 6 nitrogen and oxygen atoms in total. The molecule has 1 aromatic heterocycles. The fraction of sp³-hybridized carbons (Fsp3) is 0.412. The number of halogens is 1. The maximum atomic E-state index is 14.3. The second-order valence-electron chi connectivity index (χ2n) is 6.19. The Kier molecular flexibility index (Phi) is 3.63. The fourth-order valence-corrected chi connectivity index (χ4v) is 3.39. The molecule has 0 radical (unpaired) electrons. The number of benzene rings is 1. The Morgan fingerprint density at radius 3 is 3.04 bits per heavy atom. The Hall–Kier alpha value is -2.57. The molecule has 1 amide bonds. The largest absolute Gasteiger partial charge is 0.454 e. The molecule has 7 heteroatoms. The summed E-state index contributed by atoms with van der Waals surface area (Å²) in [5, 5.41) is 4.20. The zero-order valence-corrected chi connectivity index (χ0v) is 13.4. The van der Waals surface area contributed by atoms with Crippen molar-refractivity contribution >= 4 is 5.91 Å². The molecule has 0 saturated carbocycles. The number of likely N-dealkylation sites (tertiary alicyclic amines) is 1. The Morgan fingerprint density at radius 2 is 2.25 bits per heavy atom. The minimum atomic E-state index is -0.576. The predicted molar refractivity (Wildman–Crippen MR) is 83.6 cm³/mol. The monoisotopic (exact) mass is 331 g/mol. The summed E-state index contributed by atoms with van der Waals surface area (Å²) >= 11 is 0. The van der Waals surface area contributed by atoms with Gasteiger partial charge in [-0.2, -0.15) is 5.10 Å². The number of aryl methyl sites for hydroxylation is 1. The van der Waals surface area contributed by atoms with E-state index < -0.39 is 5.82 Å². The molecule has 3 heterocycles. The Morgan fingerprint density at radius 1 is 1.38 bits per heavy atom. The summed E-state index contributed by atoms with van der Waals surface area (Å²) in [7, 11) is 1.87. The van der Waals surface area contributed by atoms with Crippen molar-refractivity contribution < 1.29 is 18.7 Å². The molecule has 1 fully saturated rings. The van der Waals surface area contributed by atoms with E-state index in [1.165, 1.54) is 12.1 Å². The van der Waals surface area contributed by atoms with Crippen LogP contribution in [0.15, 0.2) is 24.5 Å². The van der Waals surface area contributed by atoms with Crippen LogP contribution in [0.1, 0.15) is 34.7 Å². The highest BCUT2D eigenvalue weighted by molar-refractivity contribution is 5.98. The first-order valence-electron chi connectivity index (χ1n) is 7.99. The third kappa shape index (κ3) is 2.50. The molecule has 1 saturated heterocycles. The summed E-state index contributed by atoms with van der Waals surface area (Å²) < 4.78 is 26.6. The summed E-state index contributed by atoms with van der Waals surface area (Å²) in [4.78, 5) is 14.6. The Labute approximate surface area is 138 Å². The standard InChI is InChI=1S/C17H18FN3O3/c1-20-8-12(7-19-20)11-3-2-6-21(9-11)17(22)15-13(18)4-5-14-16(15)24-10-23-14/h4-5,7-8,11H,2-3,6,9-10H2,1H3. The van der Waals surface area contributed by atoms with Gasteiger partial charge in [-0.25, -0.2) is 4.39 Å². The van der Waals surface area contributed by atoms with Crippen LogP contribution < -0.4 is 9.47 Å². The average Bonchev–Trinajstić information content (AvgIpc) is 3.23. The zero-order chi connectivity index (χ0) is 16.7. The second kappa shape index (κ2) is 5.81. The van der Waals surface area contributed by atoms with Gasteiger partial charge in [0.1, 0.15) is 11.4 Å². The van der Waals surface area contributed by atoms with Gasteiger partial charge in [-0.05, 0) is 30.5 Å². The first kappa shape index (κ1) is 15.0. The maximum absolute atomic E-state index is 14.3. The van der Waals surface area contributed by atoms with E-state index >= 15 is 0 Å². The molecule has 2 aliphatic heterocycles. The van der Waals surface area contributed by atoms with Crippen molar-refractivity contribution in [2.45, 2.75) is 18.8 Å². The number of hydrogen-bond acceptors (Lipinski definition) is 4. The van der Waals surface area contributed by atoms with E-state index in [2.05, 4.69) is 5.10 Å². The highest BCUT2D eigenvalue weighted by Crippen LogP contribution is 2.38. The fourth-order valence-electron chi connectivity index (χ4n) is 3.39. The van der Waals surface area contributed by atoms with Gasteiger partial charge in [0.2, 0.25) is 6.79 Å². The van der Waals surface area contributed by atoms with Crippen LogP contribution >= 0.6 is 0 Å². The van der Waals surface area contributed by atoms with Crippen LogP contribution in [0, 0.1) is 5.82 Å². The summed E-state index contributed by atoms with van der Waals surface area (Å²) in [6.45, 7) is 1.17. The molecular weight excluding hydrogens is 313 g/mol. The molecule has 1 aromatic carbocycles. The summed E-state index contributed by atoms with van der Waals surface area (Å²) in [6, 6.07) is 2.74. The third-order valence-electron chi connectivity index (χ3n) is 4.61. The van der Waals surface area contributed by atoms with Gasteiger partial charge >= 0.3 is 0 Å². The molecular formula is C17H18FN3O3. The number of nitrogens with zero attached hydrogens (tertiary/aromatic N) is 3. The number of carbonyl (C=O) groups excluding carboxylic acids is 1. The van der Waals surface area contributed by atoms with E-state index in [1.54, 1.807) is 9.58 Å². The zero-order valence-electron chi connectivity index (χ0n) is 13.4. The van der Waals surface area contributed by atoms with E-state index in [9.17, 15) is 9.18 Å². The van der Waals surface area contributed by atoms with Gasteiger partial charge in [0.05, 0.1) is 6.20 Å². The number of piperidine rings is 1. The minimum absolute atomic E-state index is 0.0113. The van der Waals surface area contributed by atoms with Gasteiger partial charge in [0.25, 0.3) is 5.91 Å². The number of ether oxygens (including phenoxy) is 2. The first-order valence-corrected chi connectivity index (χ1v) is 7.99. The number of rotatable bonds is 2. The van der Waals surface area contributed by atoms with Gasteiger partial charge in [0.15, 0.2) is 11.5 Å². The van der Waals surface area contributed by atoms with Gasteiger partial charge in [-0.3, -0.25) is 9.48 Å². The van der Waals surface area contributed by atoms with Crippen LogP contribution in [-0.4, -0.2) is 40.5 Å². The number of carbonyl (C=O) groups is 1. The van der Waals surface area contributed by atoms with Gasteiger partial charge in [-0.15, -0.1) is 0 Å². The van der Waals surface area contributed by atoms with Crippen LogP contribution in [0.2, 0.25) is 0 Å². The number of hydrogen-bond donors (Lipinski definition) is 0. The molecule has 0 N–H and O–H groups in total. The summed E-state index contributed by atoms with van der Waals surface area (Å²) in [5.41, 5.74) is 1.07. The van der Waals surface area contributed by atoms with Crippen molar-refractivity contribution in [2.75, 3.05) is 19.9 Å². The molecule has 24 heavy (non-hydrogen) atoms. The Bertz CT molecular complexity index is 789. The van der Waals surface area contributed by atoms with Crippen LogP contribution in [0.4, 0.5) is 4.39 Å². The molecule has 0 bridgehead atoms. The average molecular weight is 331 g/mol. The lowest BCUT2D eigenvalue weighted by atomic mass is 9.92. The smallest absolute Gasteiger partial charge is 0.260 e. The lowest BCUT2D eigenvalue weighted by Crippen LogP contribution is -2.39. The first-order chi connectivity index (χ1) is 11.6. The quantitative estimate of drug-likeness (QED) is 0.847. The molecule has 126 valence electrons. The SMILES string of the molecule is Cn1cc(C2CCCN(C(=O)c3c(F)ccc4c3OCO4)C2)cn1. The topological polar surface area (TPSA) is 56.6 Å². The van der Waals surface area contributed by atoms with Crippen molar-refractivity contribution in [3.8, 4) is 11.5 Å². The van der Waals surface area contributed by atoms with Crippen LogP contribution in [0.5, 0.6) is 11.5 Å². The van der Waals surface area contributed by atoms with E-state index in [4.69, 9.17) is 9.47 Å². The van der Waals surface area contributed by atoms with Crippen molar-refractivity contribution in [2.24, 2.45) is 7.05 Å². The van der Waals surface area contributed by atoms with Crippen LogP contribution in [0.25, 0.3) is 0 Å². The van der Waals surface area contributed by atoms with Crippen LogP contribution in [0.3, 0.4) is 0 Å². The number of aromatic nitrogens is 2. The molecule has 4 rings (SSSR count). The maximum Gasteiger partial charge on any atom is 0.260 e. The lowest BCUT2D eigenvalue weighted by Gasteiger charge is -2.32. The third-order valence-corrected chi connectivity index (χ3v) is 4.61. The number of amides is 1. The summed E-state index contributed by atoms with van der Waals surface area (Å²) in [5.74, 6) is -0.0753. The second-order valence-corrected chi connectivity index (χ2v) is 6.19. The molecule has 2 aromatic rings. The highest BCUT2D eigenvalue weighted by atomic mass is 19.1. The highest BCUT2D eigenvalue weighted by Gasteiger charge is 2.32. The predicted octanol–water partition coefficient (Wildman–Crippen LogP) is 2.31. The van der Waals surface area contributed by atoms with Gasteiger partial charge in [-0.1, -0.05) is 0 Å². The number of fused-ring (bicyclic) bond motifs is 1. The van der Waals surface area contributed by atoms with Crippen molar-refractivity contribution in [1.82, 2.24) is 14.7 Å². The molecule has 2 aliphatic rings. The van der Waals surface area contributed by atoms with E-state index in [-0.39, 0.29) is 29.9 Å². The minimum Gasteiger partial charge on any atom is -0.454 e.